The number of nitrogens with zero attached hydrogens (tertiary/aromatic N) is 3. The molecule has 0 fully saturated rings. The Bertz CT molecular complexity index is 1200. The van der Waals surface area contributed by atoms with E-state index in [2.05, 4.69) is 14.7 Å². The first-order valence-corrected chi connectivity index (χ1v) is 12.6. The van der Waals surface area contributed by atoms with Crippen molar-refractivity contribution in [1.82, 2.24) is 19.6 Å². The number of amides is 1. The predicted octanol–water partition coefficient (Wildman–Crippen LogP) is 2.82. The Balaban J connectivity index is 1.89. The maximum absolute atomic E-state index is 12.9. The van der Waals surface area contributed by atoms with E-state index in [9.17, 15) is 13.2 Å². The van der Waals surface area contributed by atoms with Gasteiger partial charge in [0, 0.05) is 43.0 Å². The number of carbonyl (C=O) groups excluding carboxylic acids is 1. The minimum Gasteiger partial charge on any atom is -0.492 e. The second-order valence-corrected chi connectivity index (χ2v) is 9.14. The topological polar surface area (TPSA) is 124 Å². The van der Waals surface area contributed by atoms with Crippen molar-refractivity contribution in [3.05, 3.63) is 48.5 Å². The highest BCUT2D eigenvalue weighted by atomic mass is 32.2. The maximum Gasteiger partial charge on any atom is 0.309 e. The van der Waals surface area contributed by atoms with E-state index >= 15 is 0 Å². The average molecular weight is 489 g/mol. The van der Waals surface area contributed by atoms with Crippen LogP contribution in [0.3, 0.4) is 0 Å². The maximum atomic E-state index is 12.9. The van der Waals surface area contributed by atoms with Crippen LogP contribution < -0.4 is 14.2 Å². The lowest BCUT2D eigenvalue weighted by Gasteiger charge is -2.15. The first-order chi connectivity index (χ1) is 16.3. The molecule has 0 bridgehead atoms. The van der Waals surface area contributed by atoms with Gasteiger partial charge in [-0.3, -0.25) is 4.79 Å². The van der Waals surface area contributed by atoms with Gasteiger partial charge in [0.25, 0.3) is 5.89 Å². The SMILES string of the molecule is CCN(CC)C(=O)c1nc(-c2ccc(OC)nc2)c(-c2ccc(OCCNS(C)(=O)=O)cc2)o1. The van der Waals surface area contributed by atoms with Gasteiger partial charge in [-0.05, 0) is 44.2 Å². The smallest absolute Gasteiger partial charge is 0.309 e. The lowest BCUT2D eigenvalue weighted by Crippen LogP contribution is -2.30. The first kappa shape index (κ1) is 25.2. The van der Waals surface area contributed by atoms with Gasteiger partial charge < -0.3 is 18.8 Å². The van der Waals surface area contributed by atoms with Crippen molar-refractivity contribution in [1.29, 1.82) is 0 Å². The van der Waals surface area contributed by atoms with Crippen LogP contribution in [0.25, 0.3) is 22.6 Å². The molecule has 1 N–H and O–H groups in total. The van der Waals surface area contributed by atoms with E-state index in [0.717, 1.165) is 6.26 Å². The summed E-state index contributed by atoms with van der Waals surface area (Å²) >= 11 is 0. The van der Waals surface area contributed by atoms with Crippen molar-refractivity contribution in [2.45, 2.75) is 13.8 Å². The normalized spacial score (nSPS) is 11.3. The summed E-state index contributed by atoms with van der Waals surface area (Å²) in [4.78, 5) is 23.2. The molecule has 0 unspecified atom stereocenters. The number of oxazole rings is 1. The molecule has 0 aliphatic rings. The molecule has 0 saturated heterocycles. The Kier molecular flexibility index (Phi) is 8.24. The van der Waals surface area contributed by atoms with Gasteiger partial charge in [-0.1, -0.05) is 0 Å². The third-order valence-corrected chi connectivity index (χ3v) is 5.66. The van der Waals surface area contributed by atoms with Crippen LogP contribution in [0.2, 0.25) is 0 Å². The zero-order valence-electron chi connectivity index (χ0n) is 19.6. The molecule has 10 nitrogen and oxygen atoms in total. The molecule has 3 rings (SSSR count). The highest BCUT2D eigenvalue weighted by Gasteiger charge is 2.24. The molecule has 0 atom stereocenters. The fraction of sp³-hybridized carbons (Fsp3) is 0.348. The van der Waals surface area contributed by atoms with E-state index in [1.807, 2.05) is 13.8 Å². The van der Waals surface area contributed by atoms with Crippen molar-refractivity contribution in [3.8, 4) is 34.2 Å². The number of pyridine rings is 1. The van der Waals surface area contributed by atoms with Crippen LogP contribution >= 0.6 is 0 Å². The molecule has 1 amide bonds. The summed E-state index contributed by atoms with van der Waals surface area (Å²) in [6.07, 6.45) is 2.70. The van der Waals surface area contributed by atoms with Crippen LogP contribution in [0, 0.1) is 0 Å². The van der Waals surface area contributed by atoms with E-state index in [1.54, 1.807) is 47.5 Å². The van der Waals surface area contributed by atoms with Crippen LogP contribution in [0.4, 0.5) is 0 Å². The molecule has 34 heavy (non-hydrogen) atoms. The molecule has 0 radical (unpaired) electrons. The van der Waals surface area contributed by atoms with Crippen LogP contribution in [0.15, 0.2) is 47.0 Å². The van der Waals surface area contributed by atoms with Crippen LogP contribution in [0.5, 0.6) is 11.6 Å². The zero-order chi connectivity index (χ0) is 24.7. The number of hydrogen-bond acceptors (Lipinski definition) is 8. The van der Waals surface area contributed by atoms with Crippen LogP contribution in [0.1, 0.15) is 24.5 Å². The number of carbonyl (C=O) groups is 1. The summed E-state index contributed by atoms with van der Waals surface area (Å²) in [5, 5.41) is 0. The molecule has 0 spiro atoms. The van der Waals surface area contributed by atoms with Gasteiger partial charge in [0.15, 0.2) is 5.76 Å². The Hall–Kier alpha value is -3.44. The second kappa shape index (κ2) is 11.1. The molecule has 0 aliphatic carbocycles. The number of benzene rings is 1. The number of methoxy groups -OCH3 is 1. The van der Waals surface area contributed by atoms with E-state index in [1.165, 1.54) is 7.11 Å². The highest BCUT2D eigenvalue weighted by Crippen LogP contribution is 2.34. The molecule has 2 heterocycles. The number of rotatable bonds is 11. The largest absolute Gasteiger partial charge is 0.492 e. The second-order valence-electron chi connectivity index (χ2n) is 7.30. The minimum absolute atomic E-state index is 0.00306. The molecule has 3 aromatic rings. The quantitative estimate of drug-likeness (QED) is 0.409. The van der Waals surface area contributed by atoms with Crippen molar-refractivity contribution >= 4 is 15.9 Å². The van der Waals surface area contributed by atoms with Gasteiger partial charge >= 0.3 is 5.91 Å². The molecule has 0 aliphatic heterocycles. The molecule has 11 heteroatoms. The van der Waals surface area contributed by atoms with Gasteiger partial charge in [0.1, 0.15) is 18.1 Å². The summed E-state index contributed by atoms with van der Waals surface area (Å²) in [5.74, 6) is 1.15. The summed E-state index contributed by atoms with van der Waals surface area (Å²) < 4.78 is 41.3. The number of nitrogens with one attached hydrogen (secondary N) is 1. The van der Waals surface area contributed by atoms with E-state index in [-0.39, 0.29) is 24.9 Å². The lowest BCUT2D eigenvalue weighted by molar-refractivity contribution is 0.0734. The van der Waals surface area contributed by atoms with E-state index < -0.39 is 10.0 Å². The van der Waals surface area contributed by atoms with Gasteiger partial charge in [-0.25, -0.2) is 23.1 Å². The lowest BCUT2D eigenvalue weighted by atomic mass is 10.1. The average Bonchev–Trinajstić information content (AvgIpc) is 3.28. The Morgan fingerprint density at radius 2 is 1.76 bits per heavy atom. The Morgan fingerprint density at radius 1 is 1.09 bits per heavy atom. The van der Waals surface area contributed by atoms with Gasteiger partial charge in [0.2, 0.25) is 15.9 Å². The molecule has 0 saturated carbocycles. The van der Waals surface area contributed by atoms with Crippen molar-refractivity contribution in [2.24, 2.45) is 0 Å². The third kappa shape index (κ3) is 6.33. The van der Waals surface area contributed by atoms with Crippen molar-refractivity contribution < 1.29 is 27.1 Å². The van der Waals surface area contributed by atoms with Crippen molar-refractivity contribution in [3.63, 3.8) is 0 Å². The van der Waals surface area contributed by atoms with Crippen LogP contribution in [-0.4, -0.2) is 68.8 Å². The summed E-state index contributed by atoms with van der Waals surface area (Å²) in [5.41, 5.74) is 1.85. The summed E-state index contributed by atoms with van der Waals surface area (Å²) in [6, 6.07) is 10.5. The highest BCUT2D eigenvalue weighted by molar-refractivity contribution is 7.88. The number of ether oxygens (including phenoxy) is 2. The first-order valence-electron chi connectivity index (χ1n) is 10.7. The molecule has 2 aromatic heterocycles. The number of sulfonamides is 1. The van der Waals surface area contributed by atoms with Crippen LogP contribution in [-0.2, 0) is 10.0 Å². The van der Waals surface area contributed by atoms with Gasteiger partial charge in [-0.2, -0.15) is 0 Å². The molecule has 1 aromatic carbocycles. The molecular weight excluding hydrogens is 460 g/mol. The summed E-state index contributed by atoms with van der Waals surface area (Å²) in [7, 11) is -1.73. The molecular formula is C23H28N4O6S. The standard InChI is InChI=1S/C23H28N4O6S/c1-5-27(6-2)23(28)22-26-20(17-9-12-19(31-3)24-15-17)21(33-22)16-7-10-18(11-8-16)32-14-13-25-34(4,29)30/h7-12,15,25H,5-6,13-14H2,1-4H3. The molecule has 182 valence electrons. The number of aromatic nitrogens is 2. The predicted molar refractivity (Wildman–Crippen MR) is 127 cm³/mol. The monoisotopic (exact) mass is 488 g/mol. The third-order valence-electron chi connectivity index (χ3n) is 4.93. The fourth-order valence-corrected chi connectivity index (χ4v) is 3.64. The fourth-order valence-electron chi connectivity index (χ4n) is 3.19. The minimum atomic E-state index is -3.27. The van der Waals surface area contributed by atoms with E-state index in [0.29, 0.717) is 47.3 Å². The Labute approximate surface area is 199 Å². The summed E-state index contributed by atoms with van der Waals surface area (Å²) in [6.45, 7) is 5.20. The number of hydrogen-bond donors (Lipinski definition) is 1. The van der Waals surface area contributed by atoms with Gasteiger partial charge in [-0.15, -0.1) is 0 Å². The Morgan fingerprint density at radius 3 is 2.32 bits per heavy atom. The zero-order valence-corrected chi connectivity index (χ0v) is 20.4. The van der Waals surface area contributed by atoms with E-state index in [4.69, 9.17) is 13.9 Å². The van der Waals surface area contributed by atoms with Crippen molar-refractivity contribution in [2.75, 3.05) is 39.6 Å². The van der Waals surface area contributed by atoms with Gasteiger partial charge in [0.05, 0.1) is 13.4 Å².